The Balaban J connectivity index is 2.46. The molecule has 2 rings (SSSR count). The SMILES string of the molecule is CN/C(=C(\C(C)=O)C1CC1)c1ccccc1. The quantitative estimate of drug-likeness (QED) is 0.782. The van der Waals surface area contributed by atoms with Gasteiger partial charge in [-0.2, -0.15) is 0 Å². The first-order valence-corrected chi connectivity index (χ1v) is 5.72. The van der Waals surface area contributed by atoms with Crippen LogP contribution in [0.2, 0.25) is 0 Å². The monoisotopic (exact) mass is 215 g/mol. The minimum absolute atomic E-state index is 0.190. The maximum absolute atomic E-state index is 11.7. The molecule has 16 heavy (non-hydrogen) atoms. The maximum Gasteiger partial charge on any atom is 0.158 e. The zero-order valence-corrected chi connectivity index (χ0v) is 9.79. The number of nitrogens with one attached hydrogen (secondary N) is 1. The number of benzene rings is 1. The third kappa shape index (κ3) is 2.16. The van der Waals surface area contributed by atoms with Crippen molar-refractivity contribution in [2.24, 2.45) is 5.92 Å². The van der Waals surface area contributed by atoms with Crippen LogP contribution >= 0.6 is 0 Å². The number of carbonyl (C=O) groups excluding carboxylic acids is 1. The smallest absolute Gasteiger partial charge is 0.158 e. The summed E-state index contributed by atoms with van der Waals surface area (Å²) < 4.78 is 0. The van der Waals surface area contributed by atoms with Gasteiger partial charge < -0.3 is 5.32 Å². The van der Waals surface area contributed by atoms with Gasteiger partial charge in [0.1, 0.15) is 0 Å². The Kier molecular flexibility index (Phi) is 3.09. The van der Waals surface area contributed by atoms with Crippen LogP contribution in [0, 0.1) is 5.92 Å². The Morgan fingerprint density at radius 2 is 1.88 bits per heavy atom. The van der Waals surface area contributed by atoms with Crippen LogP contribution in [0.4, 0.5) is 0 Å². The van der Waals surface area contributed by atoms with E-state index in [1.165, 1.54) is 0 Å². The highest BCUT2D eigenvalue weighted by Crippen LogP contribution is 2.39. The molecule has 0 aromatic heterocycles. The molecule has 2 heteroatoms. The van der Waals surface area contributed by atoms with E-state index in [1.54, 1.807) is 6.92 Å². The highest BCUT2D eigenvalue weighted by atomic mass is 16.1. The lowest BCUT2D eigenvalue weighted by Crippen LogP contribution is -2.13. The molecule has 1 fully saturated rings. The van der Waals surface area contributed by atoms with Gasteiger partial charge in [-0.15, -0.1) is 0 Å². The molecule has 1 saturated carbocycles. The summed E-state index contributed by atoms with van der Waals surface area (Å²) in [7, 11) is 1.88. The van der Waals surface area contributed by atoms with Crippen molar-refractivity contribution in [3.63, 3.8) is 0 Å². The molecule has 1 aromatic carbocycles. The van der Waals surface area contributed by atoms with Crippen LogP contribution in [-0.4, -0.2) is 12.8 Å². The van der Waals surface area contributed by atoms with Gasteiger partial charge in [-0.1, -0.05) is 30.3 Å². The molecule has 0 heterocycles. The van der Waals surface area contributed by atoms with Gasteiger partial charge in [0.2, 0.25) is 0 Å². The van der Waals surface area contributed by atoms with Gasteiger partial charge in [0, 0.05) is 18.3 Å². The molecule has 0 unspecified atom stereocenters. The molecule has 0 atom stereocenters. The van der Waals surface area contributed by atoms with Crippen LogP contribution in [0.25, 0.3) is 5.70 Å². The van der Waals surface area contributed by atoms with Crippen molar-refractivity contribution >= 4 is 11.5 Å². The van der Waals surface area contributed by atoms with E-state index >= 15 is 0 Å². The normalized spacial score (nSPS) is 16.6. The third-order valence-corrected chi connectivity index (χ3v) is 2.95. The molecule has 1 N–H and O–H groups in total. The lowest BCUT2D eigenvalue weighted by Gasteiger charge is -2.12. The van der Waals surface area contributed by atoms with Gasteiger partial charge in [0.25, 0.3) is 0 Å². The van der Waals surface area contributed by atoms with Gasteiger partial charge in [0.15, 0.2) is 5.78 Å². The van der Waals surface area contributed by atoms with Crippen LogP contribution in [0.1, 0.15) is 25.3 Å². The molecule has 1 aliphatic carbocycles. The molecule has 0 radical (unpaired) electrons. The minimum Gasteiger partial charge on any atom is -0.387 e. The molecule has 0 aliphatic heterocycles. The van der Waals surface area contributed by atoms with E-state index in [1.807, 2.05) is 37.4 Å². The number of carbonyl (C=O) groups is 1. The second-order valence-electron chi connectivity index (χ2n) is 4.24. The number of rotatable bonds is 4. The molecule has 84 valence electrons. The predicted octanol–water partition coefficient (Wildman–Crippen LogP) is 2.62. The van der Waals surface area contributed by atoms with Crippen molar-refractivity contribution in [3.05, 3.63) is 41.5 Å². The lowest BCUT2D eigenvalue weighted by atomic mass is 10.00. The molecule has 2 nitrogen and oxygen atoms in total. The van der Waals surface area contributed by atoms with Gasteiger partial charge in [-0.05, 0) is 31.2 Å². The van der Waals surface area contributed by atoms with E-state index in [0.717, 1.165) is 29.7 Å². The summed E-state index contributed by atoms with van der Waals surface area (Å²) in [5.74, 6) is 0.663. The zero-order valence-electron chi connectivity index (χ0n) is 9.79. The fourth-order valence-electron chi connectivity index (χ4n) is 2.08. The second kappa shape index (κ2) is 4.52. The Hall–Kier alpha value is -1.57. The standard InChI is InChI=1S/C14H17NO/c1-10(16)13(11-8-9-11)14(15-2)12-6-4-3-5-7-12/h3-7,11,15H,8-9H2,1-2H3/b14-13+. The number of hydrogen-bond acceptors (Lipinski definition) is 2. The summed E-state index contributed by atoms with van der Waals surface area (Å²) in [6, 6.07) is 10.1. The number of ketones is 1. The summed E-state index contributed by atoms with van der Waals surface area (Å²) in [6.07, 6.45) is 2.29. The summed E-state index contributed by atoms with van der Waals surface area (Å²) >= 11 is 0. The summed E-state index contributed by atoms with van der Waals surface area (Å²) in [4.78, 5) is 11.7. The van der Waals surface area contributed by atoms with Gasteiger partial charge >= 0.3 is 0 Å². The summed E-state index contributed by atoms with van der Waals surface area (Å²) in [5, 5.41) is 3.18. The average Bonchev–Trinajstić information content (AvgIpc) is 3.10. The van der Waals surface area contributed by atoms with Crippen LogP contribution in [0.15, 0.2) is 35.9 Å². The van der Waals surface area contributed by atoms with Crippen molar-refractivity contribution in [2.45, 2.75) is 19.8 Å². The predicted molar refractivity (Wildman–Crippen MR) is 65.8 cm³/mol. The van der Waals surface area contributed by atoms with Crippen molar-refractivity contribution < 1.29 is 4.79 Å². The van der Waals surface area contributed by atoms with Crippen molar-refractivity contribution in [2.75, 3.05) is 7.05 Å². The van der Waals surface area contributed by atoms with Gasteiger partial charge in [-0.25, -0.2) is 0 Å². The van der Waals surface area contributed by atoms with Crippen molar-refractivity contribution in [3.8, 4) is 0 Å². The zero-order chi connectivity index (χ0) is 11.5. The molecular weight excluding hydrogens is 198 g/mol. The first kappa shape index (κ1) is 10.9. The number of Topliss-reactive ketones (excluding diaryl/α,β-unsaturated/α-hetero) is 1. The van der Waals surface area contributed by atoms with E-state index in [4.69, 9.17) is 0 Å². The average molecular weight is 215 g/mol. The molecule has 1 aliphatic rings. The first-order chi connectivity index (χ1) is 7.74. The summed E-state index contributed by atoms with van der Waals surface area (Å²) in [5.41, 5.74) is 3.06. The largest absolute Gasteiger partial charge is 0.387 e. The molecule has 0 bridgehead atoms. The molecule has 0 saturated heterocycles. The van der Waals surface area contributed by atoms with Gasteiger partial charge in [0.05, 0.1) is 0 Å². The van der Waals surface area contributed by atoms with Crippen LogP contribution in [0.5, 0.6) is 0 Å². The van der Waals surface area contributed by atoms with Crippen molar-refractivity contribution in [1.29, 1.82) is 0 Å². The third-order valence-electron chi connectivity index (χ3n) is 2.95. The topological polar surface area (TPSA) is 29.1 Å². The molecule has 0 spiro atoms. The highest BCUT2D eigenvalue weighted by Gasteiger charge is 2.31. The number of hydrogen-bond donors (Lipinski definition) is 1. The molecule has 0 amide bonds. The fraction of sp³-hybridized carbons (Fsp3) is 0.357. The Morgan fingerprint density at radius 1 is 1.25 bits per heavy atom. The van der Waals surface area contributed by atoms with Crippen LogP contribution < -0.4 is 5.32 Å². The van der Waals surface area contributed by atoms with E-state index in [-0.39, 0.29) is 5.78 Å². The molecule has 1 aromatic rings. The Morgan fingerprint density at radius 3 is 2.31 bits per heavy atom. The van der Waals surface area contributed by atoms with E-state index in [0.29, 0.717) is 5.92 Å². The van der Waals surface area contributed by atoms with Crippen LogP contribution in [-0.2, 0) is 4.79 Å². The maximum atomic E-state index is 11.7. The number of allylic oxidation sites excluding steroid dienone is 1. The van der Waals surface area contributed by atoms with Gasteiger partial charge in [-0.3, -0.25) is 4.79 Å². The first-order valence-electron chi connectivity index (χ1n) is 5.72. The Labute approximate surface area is 96.4 Å². The second-order valence-corrected chi connectivity index (χ2v) is 4.24. The summed E-state index contributed by atoms with van der Waals surface area (Å²) in [6.45, 7) is 1.66. The minimum atomic E-state index is 0.190. The van der Waals surface area contributed by atoms with E-state index < -0.39 is 0 Å². The Bertz CT molecular complexity index is 416. The van der Waals surface area contributed by atoms with E-state index in [2.05, 4.69) is 5.32 Å². The fourth-order valence-corrected chi connectivity index (χ4v) is 2.08. The highest BCUT2D eigenvalue weighted by molar-refractivity contribution is 6.01. The molecular formula is C14H17NO. The van der Waals surface area contributed by atoms with Crippen LogP contribution in [0.3, 0.4) is 0 Å². The lowest BCUT2D eigenvalue weighted by molar-refractivity contribution is -0.113. The van der Waals surface area contributed by atoms with E-state index in [9.17, 15) is 4.79 Å². The van der Waals surface area contributed by atoms with Crippen molar-refractivity contribution in [1.82, 2.24) is 5.32 Å².